The third-order valence-electron chi connectivity index (χ3n) is 7.06. The minimum atomic E-state index is 0.620. The zero-order valence-corrected chi connectivity index (χ0v) is 16.9. The van der Waals surface area contributed by atoms with Gasteiger partial charge in [0, 0.05) is 28.5 Å². The van der Waals surface area contributed by atoms with Gasteiger partial charge in [0.25, 0.3) is 0 Å². The third kappa shape index (κ3) is 2.67. The molecule has 1 fully saturated rings. The van der Waals surface area contributed by atoms with E-state index in [0.717, 1.165) is 0 Å². The largest absolute Gasteiger partial charge is 0.309 e. The molecule has 0 radical (unpaired) electrons. The van der Waals surface area contributed by atoms with Gasteiger partial charge in [0.15, 0.2) is 0 Å². The highest BCUT2D eigenvalue weighted by Gasteiger charge is 2.31. The van der Waals surface area contributed by atoms with Gasteiger partial charge in [-0.2, -0.15) is 0 Å². The number of hydrogen-bond donors (Lipinski definition) is 0. The Labute approximate surface area is 172 Å². The van der Waals surface area contributed by atoms with Gasteiger partial charge in [0.05, 0.1) is 11.0 Å². The molecule has 3 heterocycles. The van der Waals surface area contributed by atoms with Crippen molar-refractivity contribution in [1.82, 2.24) is 9.47 Å². The molecule has 0 saturated carbocycles. The van der Waals surface area contributed by atoms with E-state index in [0.29, 0.717) is 12.1 Å². The van der Waals surface area contributed by atoms with E-state index in [1.54, 1.807) is 0 Å². The summed E-state index contributed by atoms with van der Waals surface area (Å²) in [6.07, 6.45) is 7.71. The van der Waals surface area contributed by atoms with Gasteiger partial charge in [-0.15, -0.1) is 0 Å². The SMILES string of the molecule is CN1C2C=C(c3ccc(-n4c5ccccc5c5ccccc54)cc3)CC1CCC2. The lowest BCUT2D eigenvalue weighted by Crippen LogP contribution is -2.45. The van der Waals surface area contributed by atoms with Crippen LogP contribution in [0, 0.1) is 0 Å². The normalized spacial score (nSPS) is 22.2. The van der Waals surface area contributed by atoms with Crippen LogP contribution in [0.3, 0.4) is 0 Å². The maximum Gasteiger partial charge on any atom is 0.0541 e. The van der Waals surface area contributed by atoms with Gasteiger partial charge < -0.3 is 4.57 Å². The second-order valence-electron chi connectivity index (χ2n) is 8.63. The molecule has 2 bridgehead atoms. The molecule has 4 aromatic rings. The van der Waals surface area contributed by atoms with Crippen molar-refractivity contribution in [3.05, 3.63) is 84.4 Å². The summed E-state index contributed by atoms with van der Waals surface area (Å²) in [6, 6.07) is 28.0. The maximum atomic E-state index is 2.58. The van der Waals surface area contributed by atoms with E-state index in [1.807, 2.05) is 0 Å². The van der Waals surface area contributed by atoms with Crippen LogP contribution in [0.4, 0.5) is 0 Å². The summed E-state index contributed by atoms with van der Waals surface area (Å²) in [6.45, 7) is 0. The Kier molecular flexibility index (Phi) is 3.88. The molecule has 2 unspecified atom stereocenters. The fraction of sp³-hybridized carbons (Fsp3) is 0.259. The van der Waals surface area contributed by atoms with E-state index >= 15 is 0 Å². The number of hydrogen-bond acceptors (Lipinski definition) is 1. The average molecular weight is 379 g/mol. The topological polar surface area (TPSA) is 8.17 Å². The average Bonchev–Trinajstić information content (AvgIpc) is 3.08. The Morgan fingerprint density at radius 3 is 2.07 bits per heavy atom. The second-order valence-corrected chi connectivity index (χ2v) is 8.63. The molecule has 2 aliphatic rings. The summed E-state index contributed by atoms with van der Waals surface area (Å²) >= 11 is 0. The summed E-state index contributed by atoms with van der Waals surface area (Å²) in [5.41, 5.74) is 6.70. The quantitative estimate of drug-likeness (QED) is 0.390. The van der Waals surface area contributed by atoms with Crippen LogP contribution < -0.4 is 0 Å². The highest BCUT2D eigenvalue weighted by molar-refractivity contribution is 6.09. The molecule has 6 rings (SSSR count). The van der Waals surface area contributed by atoms with Crippen LogP contribution in [0.2, 0.25) is 0 Å². The summed E-state index contributed by atoms with van der Waals surface area (Å²) in [7, 11) is 2.30. The Hall–Kier alpha value is -2.84. The Balaban J connectivity index is 1.44. The molecular weight excluding hydrogens is 352 g/mol. The van der Waals surface area contributed by atoms with E-state index in [4.69, 9.17) is 0 Å². The highest BCUT2D eigenvalue weighted by atomic mass is 15.2. The van der Waals surface area contributed by atoms with Crippen molar-refractivity contribution in [3.63, 3.8) is 0 Å². The van der Waals surface area contributed by atoms with Gasteiger partial charge in [0.2, 0.25) is 0 Å². The first kappa shape index (κ1) is 17.1. The molecule has 144 valence electrons. The van der Waals surface area contributed by atoms with E-state index in [2.05, 4.69) is 95.4 Å². The lowest BCUT2D eigenvalue weighted by Gasteiger charge is -2.42. The molecule has 0 amide bonds. The molecule has 3 aromatic carbocycles. The van der Waals surface area contributed by atoms with Crippen molar-refractivity contribution in [1.29, 1.82) is 0 Å². The van der Waals surface area contributed by atoms with Crippen molar-refractivity contribution >= 4 is 27.4 Å². The van der Waals surface area contributed by atoms with Crippen molar-refractivity contribution in [2.75, 3.05) is 7.05 Å². The van der Waals surface area contributed by atoms with Crippen molar-refractivity contribution < 1.29 is 0 Å². The summed E-state index contributed by atoms with van der Waals surface area (Å²) < 4.78 is 2.40. The van der Waals surface area contributed by atoms with E-state index in [1.165, 1.54) is 64.3 Å². The van der Waals surface area contributed by atoms with Gasteiger partial charge in [-0.25, -0.2) is 0 Å². The summed E-state index contributed by atoms with van der Waals surface area (Å²) in [4.78, 5) is 2.58. The number of likely N-dealkylation sites (N-methyl/N-ethyl adjacent to an activating group) is 1. The molecule has 2 heteroatoms. The summed E-state index contributed by atoms with van der Waals surface area (Å²) in [5, 5.41) is 2.64. The molecule has 29 heavy (non-hydrogen) atoms. The van der Waals surface area contributed by atoms with Gasteiger partial charge in [0.1, 0.15) is 0 Å². The molecule has 2 atom stereocenters. The number of nitrogens with zero attached hydrogens (tertiary/aromatic N) is 2. The first-order valence-corrected chi connectivity index (χ1v) is 10.8. The smallest absolute Gasteiger partial charge is 0.0541 e. The fourth-order valence-corrected chi connectivity index (χ4v) is 5.48. The van der Waals surface area contributed by atoms with Crippen molar-refractivity contribution in [2.45, 2.75) is 37.8 Å². The number of rotatable bonds is 2. The number of aromatic nitrogens is 1. The number of para-hydroxylation sites is 2. The first-order chi connectivity index (χ1) is 14.3. The predicted octanol–water partition coefficient (Wildman–Crippen LogP) is 6.42. The van der Waals surface area contributed by atoms with Crippen LogP contribution in [0.25, 0.3) is 33.1 Å². The monoisotopic (exact) mass is 378 g/mol. The van der Waals surface area contributed by atoms with E-state index < -0.39 is 0 Å². The zero-order valence-electron chi connectivity index (χ0n) is 16.9. The second kappa shape index (κ2) is 6.60. The van der Waals surface area contributed by atoms with Crippen molar-refractivity contribution in [2.24, 2.45) is 0 Å². The molecule has 2 aliphatic heterocycles. The Bertz CT molecular complexity index is 1180. The minimum absolute atomic E-state index is 0.620. The van der Waals surface area contributed by atoms with Crippen LogP contribution in [0.5, 0.6) is 0 Å². The van der Waals surface area contributed by atoms with Gasteiger partial charge in [-0.1, -0.05) is 61.0 Å². The first-order valence-electron chi connectivity index (χ1n) is 10.8. The predicted molar refractivity (Wildman–Crippen MR) is 123 cm³/mol. The summed E-state index contributed by atoms with van der Waals surface area (Å²) in [5.74, 6) is 0. The van der Waals surface area contributed by atoms with Crippen LogP contribution in [0.1, 0.15) is 31.2 Å². The molecule has 0 N–H and O–H groups in total. The molecule has 0 spiro atoms. The van der Waals surface area contributed by atoms with Crippen LogP contribution in [-0.2, 0) is 0 Å². The zero-order chi connectivity index (χ0) is 19.4. The van der Waals surface area contributed by atoms with Gasteiger partial charge in [-0.05, 0) is 61.7 Å². The maximum absolute atomic E-state index is 2.58. The molecule has 0 aliphatic carbocycles. The molecule has 1 saturated heterocycles. The van der Waals surface area contributed by atoms with Gasteiger partial charge >= 0.3 is 0 Å². The van der Waals surface area contributed by atoms with Gasteiger partial charge in [-0.3, -0.25) is 4.90 Å². The Morgan fingerprint density at radius 1 is 0.759 bits per heavy atom. The lowest BCUT2D eigenvalue weighted by molar-refractivity contribution is 0.137. The van der Waals surface area contributed by atoms with Crippen LogP contribution in [0.15, 0.2) is 78.9 Å². The van der Waals surface area contributed by atoms with E-state index in [-0.39, 0.29) is 0 Å². The Morgan fingerprint density at radius 2 is 1.41 bits per heavy atom. The molecule has 1 aromatic heterocycles. The van der Waals surface area contributed by atoms with Crippen molar-refractivity contribution in [3.8, 4) is 5.69 Å². The lowest BCUT2D eigenvalue weighted by atomic mass is 9.83. The van der Waals surface area contributed by atoms with Crippen LogP contribution >= 0.6 is 0 Å². The third-order valence-corrected chi connectivity index (χ3v) is 7.06. The molecular formula is C27H26N2. The number of piperidine rings is 1. The fourth-order valence-electron chi connectivity index (χ4n) is 5.48. The highest BCUT2D eigenvalue weighted by Crippen LogP contribution is 2.37. The molecule has 2 nitrogen and oxygen atoms in total. The minimum Gasteiger partial charge on any atom is -0.309 e. The van der Waals surface area contributed by atoms with Crippen LogP contribution in [-0.4, -0.2) is 28.6 Å². The number of fused-ring (bicyclic) bond motifs is 5. The van der Waals surface area contributed by atoms with E-state index in [9.17, 15) is 0 Å². The number of benzene rings is 3. The standard InChI is InChI=1S/C27H26N2/c1-28-22-7-6-8-23(28)18-20(17-22)19-13-15-21(16-14-19)29-26-11-4-2-9-24(26)25-10-3-5-12-27(25)29/h2-5,9-17,22-23H,6-8,18H2,1H3.